The third-order valence-corrected chi connectivity index (χ3v) is 5.43. The molecule has 0 aliphatic rings. The van der Waals surface area contributed by atoms with Crippen LogP contribution in [-0.2, 0) is 6.42 Å². The van der Waals surface area contributed by atoms with Crippen molar-refractivity contribution in [1.82, 2.24) is 9.97 Å². The predicted octanol–water partition coefficient (Wildman–Crippen LogP) is 6.29. The lowest BCUT2D eigenvalue weighted by molar-refractivity contribution is -0.0692. The number of rotatable bonds is 10. The van der Waals surface area contributed by atoms with Crippen LogP contribution in [0.5, 0.6) is 11.5 Å². The van der Waals surface area contributed by atoms with Gasteiger partial charge in [0, 0.05) is 41.3 Å². The van der Waals surface area contributed by atoms with E-state index in [0.717, 1.165) is 11.6 Å². The molecule has 36 heavy (non-hydrogen) atoms. The SMILES string of the molecule is O=C(c1ccccc1)c1ccc(C(Cc2ccncc2)c2ccc(OC(F)F)c(OC(F)F)c2)nc1. The van der Waals surface area contributed by atoms with Crippen LogP contribution in [0, 0.1) is 0 Å². The molecular weight excluding hydrogens is 476 g/mol. The molecule has 1 atom stereocenters. The van der Waals surface area contributed by atoms with E-state index in [2.05, 4.69) is 19.4 Å². The molecule has 0 aliphatic heterocycles. The zero-order valence-electron chi connectivity index (χ0n) is 18.7. The van der Waals surface area contributed by atoms with E-state index >= 15 is 0 Å². The Balaban J connectivity index is 1.71. The van der Waals surface area contributed by atoms with Crippen molar-refractivity contribution >= 4 is 5.78 Å². The van der Waals surface area contributed by atoms with Gasteiger partial charge in [0.2, 0.25) is 0 Å². The zero-order chi connectivity index (χ0) is 25.5. The van der Waals surface area contributed by atoms with E-state index in [0.29, 0.717) is 28.8 Å². The molecule has 2 aromatic carbocycles. The lowest BCUT2D eigenvalue weighted by Crippen LogP contribution is -2.11. The van der Waals surface area contributed by atoms with Crippen molar-refractivity contribution in [1.29, 1.82) is 0 Å². The van der Waals surface area contributed by atoms with Crippen molar-refractivity contribution in [3.8, 4) is 11.5 Å². The van der Waals surface area contributed by atoms with Crippen LogP contribution in [0.15, 0.2) is 91.4 Å². The van der Waals surface area contributed by atoms with Gasteiger partial charge in [-0.05, 0) is 53.9 Å². The maximum Gasteiger partial charge on any atom is 0.387 e. The number of aromatic nitrogens is 2. The van der Waals surface area contributed by atoms with Crippen molar-refractivity contribution in [2.24, 2.45) is 0 Å². The first kappa shape index (κ1) is 24.8. The van der Waals surface area contributed by atoms with E-state index in [9.17, 15) is 22.4 Å². The van der Waals surface area contributed by atoms with Crippen molar-refractivity contribution in [2.45, 2.75) is 25.6 Å². The van der Waals surface area contributed by atoms with Gasteiger partial charge in [0.25, 0.3) is 0 Å². The number of alkyl halides is 4. The van der Waals surface area contributed by atoms with Gasteiger partial charge in [-0.15, -0.1) is 0 Å². The first-order valence-corrected chi connectivity index (χ1v) is 10.9. The fourth-order valence-electron chi connectivity index (χ4n) is 3.77. The molecule has 0 saturated heterocycles. The molecule has 5 nitrogen and oxygen atoms in total. The maximum absolute atomic E-state index is 13.0. The van der Waals surface area contributed by atoms with Crippen LogP contribution in [0.4, 0.5) is 17.6 Å². The van der Waals surface area contributed by atoms with Gasteiger partial charge < -0.3 is 9.47 Å². The lowest BCUT2D eigenvalue weighted by Gasteiger charge is -2.20. The highest BCUT2D eigenvalue weighted by atomic mass is 19.3. The van der Waals surface area contributed by atoms with Gasteiger partial charge in [-0.3, -0.25) is 14.8 Å². The molecule has 4 aromatic rings. The highest BCUT2D eigenvalue weighted by Crippen LogP contribution is 2.36. The molecule has 2 heterocycles. The molecule has 0 N–H and O–H groups in total. The zero-order valence-corrected chi connectivity index (χ0v) is 18.7. The number of ether oxygens (including phenoxy) is 2. The predicted molar refractivity (Wildman–Crippen MR) is 124 cm³/mol. The number of carbonyl (C=O) groups is 1. The van der Waals surface area contributed by atoms with E-state index in [1.165, 1.54) is 18.3 Å². The molecule has 1 unspecified atom stereocenters. The molecule has 0 radical (unpaired) electrons. The van der Waals surface area contributed by atoms with Gasteiger partial charge >= 0.3 is 13.2 Å². The number of hydrogen-bond acceptors (Lipinski definition) is 5. The lowest BCUT2D eigenvalue weighted by atomic mass is 9.88. The highest BCUT2D eigenvalue weighted by molar-refractivity contribution is 6.08. The molecule has 9 heteroatoms. The van der Waals surface area contributed by atoms with Crippen molar-refractivity contribution in [3.05, 3.63) is 119 Å². The summed E-state index contributed by atoms with van der Waals surface area (Å²) >= 11 is 0. The standard InChI is InChI=1S/C27H20F4N2O3/c28-26(29)35-23-9-7-19(15-24(23)36-27(30)31)21(14-17-10-12-32-13-11-17)22-8-6-20(16-33-22)25(34)18-4-2-1-3-5-18/h1-13,15-16,21,26-27H,14H2. The molecule has 2 aromatic heterocycles. The van der Waals surface area contributed by atoms with E-state index in [1.54, 1.807) is 60.9 Å². The fourth-order valence-corrected chi connectivity index (χ4v) is 3.77. The third kappa shape index (κ3) is 6.24. The van der Waals surface area contributed by atoms with Crippen LogP contribution >= 0.6 is 0 Å². The molecule has 0 aliphatic carbocycles. The minimum atomic E-state index is -3.24. The Bertz CT molecular complexity index is 1290. The molecule has 0 bridgehead atoms. The van der Waals surface area contributed by atoms with Crippen LogP contribution in [0.25, 0.3) is 0 Å². The quantitative estimate of drug-likeness (QED) is 0.191. The molecule has 0 saturated carbocycles. The summed E-state index contributed by atoms with van der Waals surface area (Å²) in [6, 6.07) is 19.6. The topological polar surface area (TPSA) is 61.3 Å². The number of carbonyl (C=O) groups excluding carboxylic acids is 1. The van der Waals surface area contributed by atoms with Gasteiger partial charge in [0.15, 0.2) is 17.3 Å². The summed E-state index contributed by atoms with van der Waals surface area (Å²) in [5, 5.41) is 0. The Labute approximate surface area is 204 Å². The van der Waals surface area contributed by atoms with Crippen LogP contribution in [0.3, 0.4) is 0 Å². The Kier molecular flexibility index (Phi) is 7.89. The molecule has 4 rings (SSSR count). The molecule has 0 amide bonds. The summed E-state index contributed by atoms with van der Waals surface area (Å²) in [6.45, 7) is -6.44. The molecular formula is C27H20F4N2O3. The van der Waals surface area contributed by atoms with E-state index in [-0.39, 0.29) is 5.78 Å². The number of hydrogen-bond donors (Lipinski definition) is 0. The van der Waals surface area contributed by atoms with Crippen LogP contribution in [0.2, 0.25) is 0 Å². The van der Waals surface area contributed by atoms with Crippen molar-refractivity contribution in [3.63, 3.8) is 0 Å². The first-order valence-electron chi connectivity index (χ1n) is 10.9. The van der Waals surface area contributed by atoms with Crippen molar-refractivity contribution < 1.29 is 31.8 Å². The maximum atomic E-state index is 13.0. The number of pyridine rings is 2. The Morgan fingerprint density at radius 3 is 2.11 bits per heavy atom. The minimum absolute atomic E-state index is 0.193. The summed E-state index contributed by atoms with van der Waals surface area (Å²) in [7, 11) is 0. The van der Waals surface area contributed by atoms with E-state index < -0.39 is 30.6 Å². The monoisotopic (exact) mass is 496 g/mol. The number of benzene rings is 2. The van der Waals surface area contributed by atoms with Crippen LogP contribution < -0.4 is 9.47 Å². The average Bonchev–Trinajstić information content (AvgIpc) is 2.89. The second-order valence-electron chi connectivity index (χ2n) is 7.74. The fraction of sp³-hybridized carbons (Fsp3) is 0.148. The Morgan fingerprint density at radius 2 is 1.47 bits per heavy atom. The van der Waals surface area contributed by atoms with Crippen LogP contribution in [-0.4, -0.2) is 29.0 Å². The van der Waals surface area contributed by atoms with E-state index in [4.69, 9.17) is 0 Å². The summed E-state index contributed by atoms with van der Waals surface area (Å²) in [6.07, 6.45) is 5.08. The summed E-state index contributed by atoms with van der Waals surface area (Å²) < 4.78 is 60.3. The third-order valence-electron chi connectivity index (χ3n) is 5.43. The smallest absolute Gasteiger partial charge is 0.387 e. The first-order chi connectivity index (χ1) is 17.4. The summed E-state index contributed by atoms with van der Waals surface area (Å²) in [5.41, 5.74) is 2.81. The normalized spacial score (nSPS) is 11.9. The number of halogens is 4. The largest absolute Gasteiger partial charge is 0.431 e. The second kappa shape index (κ2) is 11.4. The average molecular weight is 496 g/mol. The molecule has 0 spiro atoms. The molecule has 0 fully saturated rings. The van der Waals surface area contributed by atoms with Gasteiger partial charge in [-0.25, -0.2) is 0 Å². The van der Waals surface area contributed by atoms with Crippen LogP contribution in [0.1, 0.15) is 38.7 Å². The summed E-state index contributed by atoms with van der Waals surface area (Å²) in [4.78, 5) is 21.2. The Hall–Kier alpha value is -4.27. The Morgan fingerprint density at radius 1 is 0.778 bits per heavy atom. The van der Waals surface area contributed by atoms with Gasteiger partial charge in [0.05, 0.1) is 0 Å². The second-order valence-corrected chi connectivity index (χ2v) is 7.74. The molecule has 184 valence electrons. The van der Waals surface area contributed by atoms with Gasteiger partial charge in [0.1, 0.15) is 0 Å². The van der Waals surface area contributed by atoms with Gasteiger partial charge in [-0.2, -0.15) is 17.6 Å². The van der Waals surface area contributed by atoms with E-state index in [1.807, 2.05) is 6.07 Å². The number of ketones is 1. The van der Waals surface area contributed by atoms with Crippen molar-refractivity contribution in [2.75, 3.05) is 0 Å². The van der Waals surface area contributed by atoms with Gasteiger partial charge in [-0.1, -0.05) is 36.4 Å². The summed E-state index contributed by atoms with van der Waals surface area (Å²) in [5.74, 6) is -1.69. The highest BCUT2D eigenvalue weighted by Gasteiger charge is 2.22. The minimum Gasteiger partial charge on any atom is -0.431 e. The number of nitrogens with zero attached hydrogens (tertiary/aromatic N) is 2.